The Kier molecular flexibility index (Phi) is 6.68. The predicted molar refractivity (Wildman–Crippen MR) is 129 cm³/mol. The van der Waals surface area contributed by atoms with Gasteiger partial charge in [0.1, 0.15) is 6.10 Å². The van der Waals surface area contributed by atoms with Crippen molar-refractivity contribution in [3.8, 4) is 0 Å². The molecule has 0 heterocycles. The highest BCUT2D eigenvalue weighted by Gasteiger charge is 2.55. The highest BCUT2D eigenvalue weighted by atomic mass is 16.5. The van der Waals surface area contributed by atoms with Crippen LogP contribution in [0.15, 0.2) is 11.1 Å². The first-order valence-electron chi connectivity index (χ1n) is 13.5. The summed E-state index contributed by atoms with van der Waals surface area (Å²) in [5.41, 5.74) is 4.71. The summed E-state index contributed by atoms with van der Waals surface area (Å²) in [5.74, 6) is 4.03. The molecule has 2 heteroatoms. The van der Waals surface area contributed by atoms with Gasteiger partial charge < -0.3 is 4.74 Å². The van der Waals surface area contributed by atoms with Crippen LogP contribution in [0.1, 0.15) is 119 Å². The lowest BCUT2D eigenvalue weighted by atomic mass is 9.49. The van der Waals surface area contributed by atoms with Gasteiger partial charge in [0.25, 0.3) is 0 Å². The molecule has 0 aliphatic heterocycles. The second-order valence-corrected chi connectivity index (χ2v) is 12.7. The Morgan fingerprint density at radius 2 is 1.81 bits per heavy atom. The fourth-order valence-corrected chi connectivity index (χ4v) is 8.79. The molecule has 176 valence electrons. The van der Waals surface area contributed by atoms with Crippen molar-refractivity contribution in [1.82, 2.24) is 0 Å². The van der Waals surface area contributed by atoms with E-state index in [-0.39, 0.29) is 12.1 Å². The van der Waals surface area contributed by atoms with Gasteiger partial charge in [-0.15, -0.1) is 0 Å². The Balaban J connectivity index is 1.50. The number of fused-ring (bicyclic) bond motifs is 4. The normalized spacial score (nSPS) is 40.9. The smallest absolute Gasteiger partial charge is 0.302 e. The lowest BCUT2D eigenvalue weighted by Crippen LogP contribution is -2.48. The van der Waals surface area contributed by atoms with E-state index < -0.39 is 0 Å². The molecule has 0 amide bonds. The maximum atomic E-state index is 11.5. The maximum Gasteiger partial charge on any atom is 0.302 e. The van der Waals surface area contributed by atoms with Crippen LogP contribution in [0.25, 0.3) is 0 Å². The van der Waals surface area contributed by atoms with Crippen molar-refractivity contribution in [2.24, 2.45) is 40.4 Å². The molecule has 2 nitrogen and oxygen atoms in total. The number of carbonyl (C=O) groups is 1. The molecule has 4 rings (SSSR count). The summed E-state index contributed by atoms with van der Waals surface area (Å²) in [4.78, 5) is 11.5. The molecule has 0 unspecified atom stereocenters. The van der Waals surface area contributed by atoms with E-state index in [1.54, 1.807) is 6.92 Å². The van der Waals surface area contributed by atoms with E-state index in [1.165, 1.54) is 64.2 Å². The summed E-state index contributed by atoms with van der Waals surface area (Å²) in [6, 6.07) is 0. The van der Waals surface area contributed by atoms with Crippen LogP contribution in [0.5, 0.6) is 0 Å². The highest BCUT2D eigenvalue weighted by Crippen LogP contribution is 2.66. The van der Waals surface area contributed by atoms with Gasteiger partial charge in [-0.1, -0.05) is 65.0 Å². The topological polar surface area (TPSA) is 26.3 Å². The number of carbonyl (C=O) groups excluding carboxylic acids is 1. The first kappa shape index (κ1) is 23.4. The second kappa shape index (κ2) is 8.86. The third kappa shape index (κ3) is 4.26. The second-order valence-electron chi connectivity index (χ2n) is 12.7. The van der Waals surface area contributed by atoms with Crippen molar-refractivity contribution < 1.29 is 9.53 Å². The molecule has 0 aromatic heterocycles. The van der Waals surface area contributed by atoms with Crippen LogP contribution in [-0.2, 0) is 9.53 Å². The van der Waals surface area contributed by atoms with E-state index >= 15 is 0 Å². The fraction of sp³-hybridized carbons (Fsp3) is 0.897. The number of hydrogen-bond acceptors (Lipinski definition) is 2. The van der Waals surface area contributed by atoms with Gasteiger partial charge in [-0.3, -0.25) is 4.79 Å². The average molecular weight is 429 g/mol. The van der Waals surface area contributed by atoms with E-state index in [2.05, 4.69) is 34.6 Å². The molecule has 4 aliphatic carbocycles. The molecule has 31 heavy (non-hydrogen) atoms. The summed E-state index contributed by atoms with van der Waals surface area (Å²) >= 11 is 0. The zero-order valence-electron chi connectivity index (χ0n) is 21.3. The van der Waals surface area contributed by atoms with Crippen LogP contribution in [0.4, 0.5) is 0 Å². The van der Waals surface area contributed by atoms with Crippen LogP contribution < -0.4 is 0 Å². The molecule has 0 aromatic rings. The molecular weight excluding hydrogens is 380 g/mol. The lowest BCUT2D eigenvalue weighted by molar-refractivity contribution is -0.152. The van der Waals surface area contributed by atoms with Gasteiger partial charge in [0.15, 0.2) is 0 Å². The molecular formula is C29H48O2. The van der Waals surface area contributed by atoms with Gasteiger partial charge in [-0.25, -0.2) is 0 Å². The Hall–Kier alpha value is -0.790. The number of rotatable bonds is 6. The largest absolute Gasteiger partial charge is 0.463 e. The molecule has 3 saturated carbocycles. The lowest BCUT2D eigenvalue weighted by Gasteiger charge is -2.57. The van der Waals surface area contributed by atoms with Gasteiger partial charge >= 0.3 is 5.97 Å². The maximum absolute atomic E-state index is 11.5. The zero-order valence-corrected chi connectivity index (χ0v) is 21.3. The van der Waals surface area contributed by atoms with Crippen LogP contribution in [-0.4, -0.2) is 12.1 Å². The number of ether oxygens (including phenoxy) is 1. The van der Waals surface area contributed by atoms with Crippen molar-refractivity contribution in [1.29, 1.82) is 0 Å². The molecule has 7 atom stereocenters. The molecule has 0 bridgehead atoms. The molecule has 0 saturated heterocycles. The van der Waals surface area contributed by atoms with Crippen molar-refractivity contribution in [3.63, 3.8) is 0 Å². The van der Waals surface area contributed by atoms with Crippen molar-refractivity contribution in [2.45, 2.75) is 125 Å². The molecule has 4 aliphatic rings. The molecule has 0 spiro atoms. The van der Waals surface area contributed by atoms with E-state index in [9.17, 15) is 4.79 Å². The van der Waals surface area contributed by atoms with Crippen molar-refractivity contribution in [2.75, 3.05) is 0 Å². The summed E-state index contributed by atoms with van der Waals surface area (Å²) in [6.45, 7) is 14.1. The van der Waals surface area contributed by atoms with Gasteiger partial charge in [-0.05, 0) is 98.2 Å². The van der Waals surface area contributed by atoms with Gasteiger partial charge in [-0.2, -0.15) is 0 Å². The minimum Gasteiger partial charge on any atom is -0.463 e. The summed E-state index contributed by atoms with van der Waals surface area (Å²) in [7, 11) is 0. The van der Waals surface area contributed by atoms with Gasteiger partial charge in [0.05, 0.1) is 0 Å². The molecule has 0 N–H and O–H groups in total. The SMILES string of the molecule is CC(=O)O[C@@H]1CC[C@@]2(C)[C@@H](CCC3=C4CC[C@@H]([C@H](C)CCCC(C)C)[C@]4(C)CC[C@H]32)C1. The van der Waals surface area contributed by atoms with Gasteiger partial charge in [0, 0.05) is 6.92 Å². The Morgan fingerprint density at radius 1 is 1.03 bits per heavy atom. The average Bonchev–Trinajstić information content (AvgIpc) is 3.05. The summed E-state index contributed by atoms with van der Waals surface area (Å²) < 4.78 is 5.64. The van der Waals surface area contributed by atoms with E-state index in [0.29, 0.717) is 10.8 Å². The van der Waals surface area contributed by atoms with Crippen LogP contribution in [0.3, 0.4) is 0 Å². The Bertz CT molecular complexity index is 706. The zero-order chi connectivity index (χ0) is 22.4. The van der Waals surface area contributed by atoms with E-state index in [1.807, 2.05) is 11.1 Å². The number of allylic oxidation sites excluding steroid dienone is 2. The van der Waals surface area contributed by atoms with Crippen LogP contribution in [0.2, 0.25) is 0 Å². The van der Waals surface area contributed by atoms with Crippen LogP contribution >= 0.6 is 0 Å². The third-order valence-corrected chi connectivity index (χ3v) is 10.5. The molecule has 3 fully saturated rings. The quantitative estimate of drug-likeness (QED) is 0.315. The van der Waals surface area contributed by atoms with E-state index in [0.717, 1.165) is 42.4 Å². The first-order chi connectivity index (χ1) is 14.6. The van der Waals surface area contributed by atoms with E-state index in [4.69, 9.17) is 4.74 Å². The first-order valence-corrected chi connectivity index (χ1v) is 13.5. The van der Waals surface area contributed by atoms with Crippen molar-refractivity contribution in [3.05, 3.63) is 11.1 Å². The molecule has 0 radical (unpaired) electrons. The molecule has 0 aromatic carbocycles. The number of hydrogen-bond donors (Lipinski definition) is 0. The number of esters is 1. The minimum absolute atomic E-state index is 0.0971. The monoisotopic (exact) mass is 428 g/mol. The van der Waals surface area contributed by atoms with Gasteiger partial charge in [0.2, 0.25) is 0 Å². The Morgan fingerprint density at radius 3 is 2.52 bits per heavy atom. The third-order valence-electron chi connectivity index (χ3n) is 10.5. The predicted octanol–water partition coefficient (Wildman–Crippen LogP) is 8.10. The van der Waals surface area contributed by atoms with Crippen molar-refractivity contribution >= 4 is 5.97 Å². The Labute approximate surface area is 192 Å². The minimum atomic E-state index is -0.0971. The standard InChI is InChI=1S/C29H48O2/c1-19(2)8-7-9-20(3)25-12-13-26-24-11-10-22-18-23(31-21(4)30)14-16-28(22,5)27(24)15-17-29(25,26)6/h19-20,22-23,25,27H,7-18H2,1-6H3/t20-,22+,23-,25+,27-,28+,29+/m1/s1. The van der Waals surface area contributed by atoms with Crippen LogP contribution in [0, 0.1) is 40.4 Å². The summed E-state index contributed by atoms with van der Waals surface area (Å²) in [5, 5.41) is 0. The summed E-state index contributed by atoms with van der Waals surface area (Å²) in [6.07, 6.45) is 16.0. The highest BCUT2D eigenvalue weighted by molar-refractivity contribution is 5.66. The fourth-order valence-electron chi connectivity index (χ4n) is 8.79.